The molecule has 0 aliphatic carbocycles. The third kappa shape index (κ3) is 3.19. The van der Waals surface area contributed by atoms with Crippen molar-refractivity contribution in [2.24, 2.45) is 0 Å². The smallest absolute Gasteiger partial charge is 0.354 e. The first-order chi connectivity index (χ1) is 10.0. The average molecular weight is 289 g/mol. The second kappa shape index (κ2) is 6.08. The van der Waals surface area contributed by atoms with Gasteiger partial charge in [0.25, 0.3) is 5.91 Å². The van der Waals surface area contributed by atoms with Crippen molar-refractivity contribution in [1.29, 1.82) is 0 Å². The third-order valence-electron chi connectivity index (χ3n) is 3.03. The van der Waals surface area contributed by atoms with Crippen molar-refractivity contribution < 1.29 is 19.4 Å². The molecule has 2 rings (SSSR count). The quantitative estimate of drug-likeness (QED) is 0.775. The third-order valence-corrected chi connectivity index (χ3v) is 3.03. The van der Waals surface area contributed by atoms with Gasteiger partial charge in [-0.05, 0) is 24.6 Å². The van der Waals surface area contributed by atoms with Crippen LogP contribution < -0.4 is 10.1 Å². The summed E-state index contributed by atoms with van der Waals surface area (Å²) in [5.41, 5.74) is 0.508. The number of aromatic carboxylic acids is 1. The van der Waals surface area contributed by atoms with Gasteiger partial charge < -0.3 is 20.1 Å². The zero-order valence-corrected chi connectivity index (χ0v) is 11.6. The van der Waals surface area contributed by atoms with E-state index in [2.05, 4.69) is 15.3 Å². The normalized spacial score (nSPS) is 11.7. The minimum absolute atomic E-state index is 0.136. The van der Waals surface area contributed by atoms with Crippen molar-refractivity contribution in [3.63, 3.8) is 0 Å². The van der Waals surface area contributed by atoms with Crippen molar-refractivity contribution in [1.82, 2.24) is 15.3 Å². The molecule has 0 saturated carbocycles. The molecule has 1 amide bonds. The molecule has 7 nitrogen and oxygen atoms in total. The van der Waals surface area contributed by atoms with E-state index in [0.717, 1.165) is 11.3 Å². The Hall–Kier alpha value is -2.83. The molecule has 110 valence electrons. The lowest BCUT2D eigenvalue weighted by atomic mass is 10.1. The summed E-state index contributed by atoms with van der Waals surface area (Å²) in [7, 11) is 1.57. The van der Waals surface area contributed by atoms with Crippen LogP contribution in [0.25, 0.3) is 0 Å². The summed E-state index contributed by atoms with van der Waals surface area (Å²) in [5.74, 6) is -1.05. The largest absolute Gasteiger partial charge is 0.497 e. The van der Waals surface area contributed by atoms with Crippen molar-refractivity contribution in [2.45, 2.75) is 13.0 Å². The highest BCUT2D eigenvalue weighted by molar-refractivity contribution is 6.02. The van der Waals surface area contributed by atoms with Gasteiger partial charge in [-0.15, -0.1) is 0 Å². The highest BCUT2D eigenvalue weighted by Gasteiger charge is 2.21. The molecule has 7 heteroatoms. The van der Waals surface area contributed by atoms with Gasteiger partial charge in [-0.25, -0.2) is 9.78 Å². The van der Waals surface area contributed by atoms with E-state index in [0.29, 0.717) is 0 Å². The monoisotopic (exact) mass is 289 g/mol. The number of carbonyl (C=O) groups is 2. The number of aromatic nitrogens is 2. The number of benzene rings is 1. The first-order valence-electron chi connectivity index (χ1n) is 6.24. The van der Waals surface area contributed by atoms with E-state index in [1.807, 2.05) is 12.1 Å². The van der Waals surface area contributed by atoms with E-state index in [9.17, 15) is 9.59 Å². The Morgan fingerprint density at radius 2 is 2.00 bits per heavy atom. The first-order valence-corrected chi connectivity index (χ1v) is 6.24. The number of carboxylic acids is 1. The van der Waals surface area contributed by atoms with E-state index in [-0.39, 0.29) is 17.4 Å². The van der Waals surface area contributed by atoms with Gasteiger partial charge in [-0.1, -0.05) is 12.1 Å². The number of nitrogens with one attached hydrogen (secondary N) is 2. The molecule has 0 aliphatic heterocycles. The second-order valence-corrected chi connectivity index (χ2v) is 4.40. The molecule has 1 atom stereocenters. The van der Waals surface area contributed by atoms with Gasteiger partial charge >= 0.3 is 5.97 Å². The predicted molar refractivity (Wildman–Crippen MR) is 74.4 cm³/mol. The number of imidazole rings is 1. The molecular formula is C14H15N3O4. The van der Waals surface area contributed by atoms with Crippen LogP contribution in [0.15, 0.2) is 30.6 Å². The molecule has 1 aromatic carbocycles. The van der Waals surface area contributed by atoms with E-state index in [1.165, 1.54) is 6.33 Å². The lowest BCUT2D eigenvalue weighted by molar-refractivity contribution is 0.0684. The number of H-pyrrole nitrogens is 1. The Morgan fingerprint density at radius 3 is 2.57 bits per heavy atom. The molecule has 0 radical (unpaired) electrons. The maximum atomic E-state index is 12.1. The van der Waals surface area contributed by atoms with Crippen LogP contribution in [0.2, 0.25) is 0 Å². The standard InChI is InChI=1S/C14H15N3O4/c1-8(9-3-5-10(21-2)6-4-9)17-13(18)11-12(14(19)20)16-7-15-11/h3-8H,1-2H3,(H,15,16)(H,17,18)(H,19,20)/t8-/m1/s1. The highest BCUT2D eigenvalue weighted by Crippen LogP contribution is 2.17. The number of aromatic amines is 1. The number of ether oxygens (including phenoxy) is 1. The minimum Gasteiger partial charge on any atom is -0.497 e. The van der Waals surface area contributed by atoms with Gasteiger partial charge in [-0.3, -0.25) is 4.79 Å². The summed E-state index contributed by atoms with van der Waals surface area (Å²) in [6.45, 7) is 1.80. The van der Waals surface area contributed by atoms with E-state index in [1.54, 1.807) is 26.2 Å². The van der Waals surface area contributed by atoms with Gasteiger partial charge in [0.2, 0.25) is 0 Å². The van der Waals surface area contributed by atoms with Crippen molar-refractivity contribution >= 4 is 11.9 Å². The van der Waals surface area contributed by atoms with Crippen LogP contribution in [0.4, 0.5) is 0 Å². The summed E-state index contributed by atoms with van der Waals surface area (Å²) in [5, 5.41) is 11.7. The fraction of sp³-hybridized carbons (Fsp3) is 0.214. The Labute approximate surface area is 121 Å². The molecular weight excluding hydrogens is 274 g/mol. The molecule has 0 saturated heterocycles. The lowest BCUT2D eigenvalue weighted by Crippen LogP contribution is -2.28. The maximum absolute atomic E-state index is 12.1. The molecule has 1 aromatic heterocycles. The van der Waals surface area contributed by atoms with Crippen LogP contribution >= 0.6 is 0 Å². The summed E-state index contributed by atoms with van der Waals surface area (Å²) < 4.78 is 5.06. The van der Waals surface area contributed by atoms with Crippen LogP contribution in [-0.2, 0) is 0 Å². The molecule has 2 aromatic rings. The molecule has 21 heavy (non-hydrogen) atoms. The van der Waals surface area contributed by atoms with Gasteiger partial charge in [-0.2, -0.15) is 0 Å². The summed E-state index contributed by atoms with van der Waals surface area (Å²) in [6, 6.07) is 6.94. The number of rotatable bonds is 5. The Balaban J connectivity index is 2.11. The minimum atomic E-state index is -1.23. The number of carbonyl (C=O) groups excluding carboxylic acids is 1. The fourth-order valence-corrected chi connectivity index (χ4v) is 1.87. The number of hydrogen-bond acceptors (Lipinski definition) is 4. The van der Waals surface area contributed by atoms with Crippen LogP contribution in [0.3, 0.4) is 0 Å². The highest BCUT2D eigenvalue weighted by atomic mass is 16.5. The molecule has 0 bridgehead atoms. The van der Waals surface area contributed by atoms with Crippen LogP contribution in [0.5, 0.6) is 5.75 Å². The molecule has 0 fully saturated rings. The first kappa shape index (κ1) is 14.6. The maximum Gasteiger partial charge on any atom is 0.354 e. The van der Waals surface area contributed by atoms with Crippen LogP contribution in [-0.4, -0.2) is 34.1 Å². The van der Waals surface area contributed by atoms with Gasteiger partial charge in [0.15, 0.2) is 11.4 Å². The molecule has 0 unspecified atom stereocenters. The van der Waals surface area contributed by atoms with Gasteiger partial charge in [0.1, 0.15) is 5.75 Å². The van der Waals surface area contributed by atoms with E-state index < -0.39 is 11.9 Å². The number of amides is 1. The van der Waals surface area contributed by atoms with Crippen molar-refractivity contribution in [3.05, 3.63) is 47.5 Å². The second-order valence-electron chi connectivity index (χ2n) is 4.40. The number of methoxy groups -OCH3 is 1. The van der Waals surface area contributed by atoms with Crippen molar-refractivity contribution in [3.8, 4) is 5.75 Å². The topological polar surface area (TPSA) is 104 Å². The zero-order valence-electron chi connectivity index (χ0n) is 11.6. The van der Waals surface area contributed by atoms with E-state index in [4.69, 9.17) is 9.84 Å². The Morgan fingerprint density at radius 1 is 1.33 bits per heavy atom. The SMILES string of the molecule is COc1ccc([C@@H](C)NC(=O)c2nc[nH]c2C(=O)O)cc1. The zero-order chi connectivity index (χ0) is 15.4. The van der Waals surface area contributed by atoms with Gasteiger partial charge in [0.05, 0.1) is 19.5 Å². The molecule has 3 N–H and O–H groups in total. The van der Waals surface area contributed by atoms with Crippen LogP contribution in [0, 0.1) is 0 Å². The number of nitrogens with zero attached hydrogens (tertiary/aromatic N) is 1. The Kier molecular flexibility index (Phi) is 4.22. The molecule has 0 aliphatic rings. The van der Waals surface area contributed by atoms with Crippen LogP contribution in [0.1, 0.15) is 39.5 Å². The predicted octanol–water partition coefficient (Wildman–Crippen LogP) is 1.61. The van der Waals surface area contributed by atoms with Gasteiger partial charge in [0, 0.05) is 0 Å². The molecule has 0 spiro atoms. The summed E-state index contributed by atoms with van der Waals surface area (Å²) in [4.78, 5) is 29.2. The molecule has 1 heterocycles. The Bertz CT molecular complexity index is 648. The van der Waals surface area contributed by atoms with Crippen molar-refractivity contribution in [2.75, 3.05) is 7.11 Å². The van der Waals surface area contributed by atoms with E-state index >= 15 is 0 Å². The number of carboxylic acid groups (broad SMARTS) is 1. The fourth-order valence-electron chi connectivity index (χ4n) is 1.87. The average Bonchev–Trinajstić information content (AvgIpc) is 2.97. The summed E-state index contributed by atoms with van der Waals surface area (Å²) in [6.07, 6.45) is 1.18. The number of hydrogen-bond donors (Lipinski definition) is 3. The summed E-state index contributed by atoms with van der Waals surface area (Å²) >= 11 is 0. The lowest BCUT2D eigenvalue weighted by Gasteiger charge is -2.14.